The molecule has 0 aromatic carbocycles. The quantitative estimate of drug-likeness (QED) is 0.694. The van der Waals surface area contributed by atoms with Gasteiger partial charge in [-0.25, -0.2) is 0 Å². The highest BCUT2D eigenvalue weighted by Crippen LogP contribution is 2.37. The van der Waals surface area contributed by atoms with E-state index >= 15 is 0 Å². The average Bonchev–Trinajstić information content (AvgIpc) is 2.12. The van der Waals surface area contributed by atoms with E-state index in [1.54, 1.807) is 5.57 Å². The van der Waals surface area contributed by atoms with Gasteiger partial charge in [0.1, 0.15) is 0 Å². The van der Waals surface area contributed by atoms with E-state index < -0.39 is 0 Å². The highest BCUT2D eigenvalue weighted by atomic mass is 15.2. The lowest BCUT2D eigenvalue weighted by molar-refractivity contribution is 0.0608. The second kappa shape index (κ2) is 5.11. The number of hydrogen-bond acceptors (Lipinski definition) is 2. The summed E-state index contributed by atoms with van der Waals surface area (Å²) in [5.41, 5.74) is 2.11. The number of likely N-dealkylation sites (N-methyl/N-ethyl adjacent to an activating group) is 1. The highest BCUT2D eigenvalue weighted by Gasteiger charge is 2.37. The van der Waals surface area contributed by atoms with Gasteiger partial charge in [0.25, 0.3) is 0 Å². The molecule has 2 heteroatoms. The summed E-state index contributed by atoms with van der Waals surface area (Å²) in [5, 5.41) is 0. The van der Waals surface area contributed by atoms with Crippen LogP contribution in [0.25, 0.3) is 0 Å². The fraction of sp³-hybridized carbons (Fsp3) is 0.867. The van der Waals surface area contributed by atoms with Crippen molar-refractivity contribution in [2.24, 2.45) is 0 Å². The standard InChI is InChI=1S/C15H30N2/c1-14(2)11-13(9-8-10-16(5)6)12-15(3,4)17(14)7/h11H,8-10,12H2,1-7H3. The second-order valence-corrected chi connectivity index (χ2v) is 6.91. The lowest BCUT2D eigenvalue weighted by Crippen LogP contribution is -2.55. The summed E-state index contributed by atoms with van der Waals surface area (Å²) in [6.07, 6.45) is 6.21. The van der Waals surface area contributed by atoms with Crippen molar-refractivity contribution in [3.05, 3.63) is 11.6 Å². The minimum atomic E-state index is 0.190. The van der Waals surface area contributed by atoms with Crippen LogP contribution in [0.15, 0.2) is 11.6 Å². The summed E-state index contributed by atoms with van der Waals surface area (Å²) < 4.78 is 0. The van der Waals surface area contributed by atoms with Crippen molar-refractivity contribution in [1.29, 1.82) is 0 Å². The Morgan fingerprint density at radius 3 is 2.29 bits per heavy atom. The number of rotatable bonds is 4. The SMILES string of the molecule is CN(C)CCCC1=CC(C)(C)N(C)C(C)(C)C1. The molecule has 0 N–H and O–H groups in total. The Kier molecular flexibility index (Phi) is 4.43. The van der Waals surface area contributed by atoms with Crippen LogP contribution in [0.5, 0.6) is 0 Å². The molecule has 1 rings (SSSR count). The molecule has 1 aliphatic heterocycles. The summed E-state index contributed by atoms with van der Waals surface area (Å²) in [4.78, 5) is 4.77. The third-order valence-corrected chi connectivity index (χ3v) is 4.09. The molecule has 0 spiro atoms. The van der Waals surface area contributed by atoms with Crippen LogP contribution < -0.4 is 0 Å². The van der Waals surface area contributed by atoms with E-state index in [2.05, 4.69) is 64.7 Å². The van der Waals surface area contributed by atoms with Crippen molar-refractivity contribution in [3.63, 3.8) is 0 Å². The van der Waals surface area contributed by atoms with Crippen molar-refractivity contribution in [2.45, 2.75) is 58.0 Å². The maximum absolute atomic E-state index is 2.50. The fourth-order valence-corrected chi connectivity index (χ4v) is 2.88. The molecule has 1 aliphatic rings. The molecule has 0 aromatic rings. The van der Waals surface area contributed by atoms with E-state index in [-0.39, 0.29) is 11.1 Å². The van der Waals surface area contributed by atoms with Gasteiger partial charge in [0.2, 0.25) is 0 Å². The predicted molar refractivity (Wildman–Crippen MR) is 76.4 cm³/mol. The predicted octanol–water partition coefficient (Wildman–Crippen LogP) is 3.15. The molecule has 0 bridgehead atoms. The van der Waals surface area contributed by atoms with Gasteiger partial charge in [0, 0.05) is 11.1 Å². The second-order valence-electron chi connectivity index (χ2n) is 6.91. The molecule has 0 amide bonds. The largest absolute Gasteiger partial charge is 0.309 e. The zero-order chi connectivity index (χ0) is 13.3. The van der Waals surface area contributed by atoms with Crippen molar-refractivity contribution in [3.8, 4) is 0 Å². The van der Waals surface area contributed by atoms with Crippen LogP contribution in [-0.2, 0) is 0 Å². The van der Waals surface area contributed by atoms with Gasteiger partial charge in [0.05, 0.1) is 0 Å². The Bertz CT molecular complexity index is 287. The summed E-state index contributed by atoms with van der Waals surface area (Å²) in [6, 6.07) is 0. The van der Waals surface area contributed by atoms with Crippen LogP contribution in [0.3, 0.4) is 0 Å². The van der Waals surface area contributed by atoms with E-state index in [0.717, 1.165) is 0 Å². The first-order valence-electron chi connectivity index (χ1n) is 6.74. The first-order chi connectivity index (χ1) is 7.65. The maximum Gasteiger partial charge on any atom is 0.0339 e. The molecule has 0 unspecified atom stereocenters. The van der Waals surface area contributed by atoms with Crippen molar-refractivity contribution in [2.75, 3.05) is 27.7 Å². The minimum absolute atomic E-state index is 0.190. The van der Waals surface area contributed by atoms with Crippen molar-refractivity contribution in [1.82, 2.24) is 9.80 Å². The summed E-state index contributed by atoms with van der Waals surface area (Å²) in [7, 11) is 6.54. The molecule has 1 heterocycles. The fourth-order valence-electron chi connectivity index (χ4n) is 2.88. The van der Waals surface area contributed by atoms with Gasteiger partial charge in [-0.3, -0.25) is 4.90 Å². The van der Waals surface area contributed by atoms with Crippen LogP contribution in [0.2, 0.25) is 0 Å². The molecule has 0 saturated carbocycles. The van der Waals surface area contributed by atoms with E-state index in [0.29, 0.717) is 0 Å². The van der Waals surface area contributed by atoms with Gasteiger partial charge in [-0.05, 0) is 74.6 Å². The molecule has 0 radical (unpaired) electrons. The Morgan fingerprint density at radius 1 is 1.24 bits per heavy atom. The smallest absolute Gasteiger partial charge is 0.0339 e. The summed E-state index contributed by atoms with van der Waals surface area (Å²) in [5.74, 6) is 0. The van der Waals surface area contributed by atoms with E-state index in [1.165, 1.54) is 25.8 Å². The Hall–Kier alpha value is -0.340. The van der Waals surface area contributed by atoms with Crippen LogP contribution in [0.1, 0.15) is 47.0 Å². The lowest BCUT2D eigenvalue weighted by Gasteiger charge is -2.49. The maximum atomic E-state index is 2.50. The molecule has 0 saturated heterocycles. The van der Waals surface area contributed by atoms with Gasteiger partial charge < -0.3 is 4.90 Å². The molecule has 0 aliphatic carbocycles. The first-order valence-corrected chi connectivity index (χ1v) is 6.74. The van der Waals surface area contributed by atoms with Gasteiger partial charge in [-0.15, -0.1) is 0 Å². The number of hydrogen-bond donors (Lipinski definition) is 0. The molecule has 100 valence electrons. The van der Waals surface area contributed by atoms with Gasteiger partial charge in [-0.1, -0.05) is 11.6 Å². The zero-order valence-electron chi connectivity index (χ0n) is 12.8. The van der Waals surface area contributed by atoms with Crippen molar-refractivity contribution >= 4 is 0 Å². The first kappa shape index (κ1) is 14.7. The molecule has 2 nitrogen and oxygen atoms in total. The summed E-state index contributed by atoms with van der Waals surface area (Å²) in [6.45, 7) is 10.5. The van der Waals surface area contributed by atoms with Crippen molar-refractivity contribution < 1.29 is 0 Å². The Balaban J connectivity index is 2.67. The van der Waals surface area contributed by atoms with Crippen LogP contribution >= 0.6 is 0 Å². The van der Waals surface area contributed by atoms with Crippen LogP contribution in [0.4, 0.5) is 0 Å². The monoisotopic (exact) mass is 238 g/mol. The topological polar surface area (TPSA) is 6.48 Å². The van der Waals surface area contributed by atoms with Gasteiger partial charge in [-0.2, -0.15) is 0 Å². The average molecular weight is 238 g/mol. The van der Waals surface area contributed by atoms with Gasteiger partial charge >= 0.3 is 0 Å². The van der Waals surface area contributed by atoms with Crippen LogP contribution in [-0.4, -0.2) is 48.6 Å². The molecule has 0 aromatic heterocycles. The normalized spacial score (nSPS) is 23.9. The van der Waals surface area contributed by atoms with E-state index in [9.17, 15) is 0 Å². The Morgan fingerprint density at radius 2 is 1.82 bits per heavy atom. The zero-order valence-corrected chi connectivity index (χ0v) is 12.8. The minimum Gasteiger partial charge on any atom is -0.309 e. The van der Waals surface area contributed by atoms with Crippen LogP contribution in [0, 0.1) is 0 Å². The van der Waals surface area contributed by atoms with E-state index in [4.69, 9.17) is 0 Å². The molecule has 0 fully saturated rings. The number of nitrogens with zero attached hydrogens (tertiary/aromatic N) is 2. The van der Waals surface area contributed by atoms with E-state index in [1.807, 2.05) is 0 Å². The molecule has 0 atom stereocenters. The molecular formula is C15H30N2. The molecule has 17 heavy (non-hydrogen) atoms. The third-order valence-electron chi connectivity index (χ3n) is 4.09. The molecular weight excluding hydrogens is 208 g/mol. The highest BCUT2D eigenvalue weighted by molar-refractivity contribution is 5.21. The van der Waals surface area contributed by atoms with Gasteiger partial charge in [0.15, 0.2) is 0 Å². The summed E-state index contributed by atoms with van der Waals surface area (Å²) >= 11 is 0. The lowest BCUT2D eigenvalue weighted by atomic mass is 9.80. The third kappa shape index (κ3) is 3.82. The Labute approximate surface area is 108 Å².